The summed E-state index contributed by atoms with van der Waals surface area (Å²) in [6, 6.07) is 15.2. The number of amides is 3. The van der Waals surface area contributed by atoms with Crippen LogP contribution in [0.3, 0.4) is 0 Å². The van der Waals surface area contributed by atoms with Crippen molar-refractivity contribution in [2.75, 3.05) is 38.1 Å². The van der Waals surface area contributed by atoms with Crippen molar-refractivity contribution >= 4 is 46.0 Å². The minimum Gasteiger partial charge on any atom is -0.394 e. The number of thiazole rings is 1. The number of hydrogen-bond acceptors (Lipinski definition) is 8. The fraction of sp³-hybridized carbons (Fsp3) is 0.419. The lowest BCUT2D eigenvalue weighted by molar-refractivity contribution is -0.130. The summed E-state index contributed by atoms with van der Waals surface area (Å²) in [5.41, 5.74) is 3.13. The zero-order valence-electron chi connectivity index (χ0n) is 23.8. The second kappa shape index (κ2) is 13.8. The van der Waals surface area contributed by atoms with Gasteiger partial charge in [-0.3, -0.25) is 19.7 Å². The molecule has 1 aliphatic carbocycles. The molecule has 2 aromatic carbocycles. The van der Waals surface area contributed by atoms with Gasteiger partial charge < -0.3 is 20.2 Å². The highest BCUT2D eigenvalue weighted by Crippen LogP contribution is 2.32. The zero-order chi connectivity index (χ0) is 29.5. The van der Waals surface area contributed by atoms with Crippen molar-refractivity contribution in [3.8, 4) is 0 Å². The Morgan fingerprint density at radius 3 is 2.38 bits per heavy atom. The molecule has 0 atom stereocenters. The zero-order valence-corrected chi connectivity index (χ0v) is 25.4. The number of rotatable bonds is 10. The molecule has 2 heterocycles. The average Bonchev–Trinajstić information content (AvgIpc) is 3.69. The molecule has 0 bridgehead atoms. The Kier molecular flexibility index (Phi) is 9.94. The van der Waals surface area contributed by atoms with Crippen LogP contribution in [0.2, 0.25) is 0 Å². The molecule has 222 valence electrons. The van der Waals surface area contributed by atoms with Crippen LogP contribution in [0.15, 0.2) is 58.9 Å². The van der Waals surface area contributed by atoms with E-state index in [9.17, 15) is 19.5 Å². The van der Waals surface area contributed by atoms with Gasteiger partial charge in [-0.1, -0.05) is 48.4 Å². The van der Waals surface area contributed by atoms with Gasteiger partial charge in [-0.25, -0.2) is 4.98 Å². The number of piperazine rings is 1. The minimum absolute atomic E-state index is 0.0139. The van der Waals surface area contributed by atoms with Crippen LogP contribution in [0, 0.1) is 0 Å². The van der Waals surface area contributed by atoms with E-state index in [4.69, 9.17) is 0 Å². The third-order valence-electron chi connectivity index (χ3n) is 8.02. The van der Waals surface area contributed by atoms with Gasteiger partial charge in [0.1, 0.15) is 0 Å². The summed E-state index contributed by atoms with van der Waals surface area (Å²) in [5, 5.41) is 16.7. The molecule has 5 rings (SSSR count). The second-order valence-corrected chi connectivity index (χ2v) is 13.2. The van der Waals surface area contributed by atoms with Crippen molar-refractivity contribution in [3.63, 3.8) is 0 Å². The van der Waals surface area contributed by atoms with Crippen LogP contribution in [0.5, 0.6) is 0 Å². The quantitative estimate of drug-likeness (QED) is 0.293. The molecule has 2 fully saturated rings. The van der Waals surface area contributed by atoms with E-state index >= 15 is 0 Å². The molecule has 0 unspecified atom stereocenters. The Morgan fingerprint density at radius 1 is 0.976 bits per heavy atom. The van der Waals surface area contributed by atoms with E-state index < -0.39 is 0 Å². The highest BCUT2D eigenvalue weighted by atomic mass is 32.2. The van der Waals surface area contributed by atoms with Gasteiger partial charge in [0.15, 0.2) is 5.13 Å². The van der Waals surface area contributed by atoms with Crippen LogP contribution >= 0.6 is 23.1 Å². The number of hydrogen-bond donors (Lipinski definition) is 3. The van der Waals surface area contributed by atoms with Crippen molar-refractivity contribution in [2.45, 2.75) is 54.7 Å². The number of benzene rings is 2. The van der Waals surface area contributed by atoms with E-state index in [1.807, 2.05) is 48.5 Å². The number of aliphatic hydroxyl groups is 1. The maximum atomic E-state index is 13.0. The molecule has 1 saturated heterocycles. The largest absolute Gasteiger partial charge is 0.394 e. The van der Waals surface area contributed by atoms with Crippen LogP contribution in [-0.4, -0.2) is 75.9 Å². The number of carbonyl (C=O) groups is 3. The monoisotopic (exact) mass is 607 g/mol. The minimum atomic E-state index is -0.210. The molecule has 3 aromatic rings. The summed E-state index contributed by atoms with van der Waals surface area (Å²) in [4.78, 5) is 45.3. The van der Waals surface area contributed by atoms with E-state index in [-0.39, 0.29) is 29.9 Å². The van der Waals surface area contributed by atoms with Crippen molar-refractivity contribution in [1.82, 2.24) is 20.1 Å². The lowest BCUT2D eigenvalue weighted by Gasteiger charge is -2.34. The van der Waals surface area contributed by atoms with Crippen LogP contribution in [0.25, 0.3) is 0 Å². The lowest BCUT2D eigenvalue weighted by atomic mass is 9.98. The van der Waals surface area contributed by atoms with Crippen LogP contribution in [0.1, 0.15) is 64.4 Å². The first-order chi connectivity index (χ1) is 20.3. The van der Waals surface area contributed by atoms with E-state index in [0.717, 1.165) is 41.0 Å². The molecule has 0 radical (unpaired) electrons. The predicted octanol–water partition coefficient (Wildman–Crippen LogP) is 4.39. The topological polar surface area (TPSA) is 115 Å². The summed E-state index contributed by atoms with van der Waals surface area (Å²) in [5.74, 6) is 0.488. The second-order valence-electron chi connectivity index (χ2n) is 10.9. The van der Waals surface area contributed by atoms with E-state index in [1.54, 1.807) is 34.7 Å². The molecule has 2 aliphatic rings. The number of anilines is 1. The first-order valence-corrected chi connectivity index (χ1v) is 16.1. The molecule has 1 aromatic heterocycles. The SMILES string of the molecule is CC(=O)N1CCN(C(=O)c2cccc(CSc3cnc(NC(=O)c4ccc(CNC5(CO)CCCC5)cc4)s3)c2)CC1. The van der Waals surface area contributed by atoms with Gasteiger partial charge in [0.2, 0.25) is 5.91 Å². The molecule has 42 heavy (non-hydrogen) atoms. The Morgan fingerprint density at radius 2 is 1.69 bits per heavy atom. The van der Waals surface area contributed by atoms with Crippen LogP contribution in [-0.2, 0) is 17.1 Å². The van der Waals surface area contributed by atoms with Crippen molar-refractivity contribution < 1.29 is 19.5 Å². The van der Waals surface area contributed by atoms with Gasteiger partial charge >= 0.3 is 0 Å². The molecular formula is C31H37N5O4S2. The van der Waals surface area contributed by atoms with Gasteiger partial charge in [-0.2, -0.15) is 0 Å². The average molecular weight is 608 g/mol. The summed E-state index contributed by atoms with van der Waals surface area (Å²) in [6.45, 7) is 4.58. The first kappa shape index (κ1) is 30.2. The van der Waals surface area contributed by atoms with Gasteiger partial charge in [0, 0.05) is 62.1 Å². The molecular weight excluding hydrogens is 571 g/mol. The third-order valence-corrected chi connectivity index (χ3v) is 10.2. The van der Waals surface area contributed by atoms with Crippen molar-refractivity contribution in [3.05, 3.63) is 77.0 Å². The van der Waals surface area contributed by atoms with Crippen molar-refractivity contribution in [1.29, 1.82) is 0 Å². The van der Waals surface area contributed by atoms with E-state index in [2.05, 4.69) is 15.6 Å². The fourth-order valence-corrected chi connectivity index (χ4v) is 7.22. The van der Waals surface area contributed by atoms with Gasteiger partial charge in [-0.15, -0.1) is 11.8 Å². The summed E-state index contributed by atoms with van der Waals surface area (Å²) >= 11 is 3.02. The Hall–Kier alpha value is -3.25. The van der Waals surface area contributed by atoms with Gasteiger partial charge in [0.25, 0.3) is 11.8 Å². The highest BCUT2D eigenvalue weighted by molar-refractivity contribution is 8.00. The van der Waals surface area contributed by atoms with Crippen LogP contribution in [0.4, 0.5) is 5.13 Å². The van der Waals surface area contributed by atoms with Crippen molar-refractivity contribution in [2.24, 2.45) is 0 Å². The van der Waals surface area contributed by atoms with E-state index in [0.29, 0.717) is 54.7 Å². The number of nitrogens with zero attached hydrogens (tertiary/aromatic N) is 3. The van der Waals surface area contributed by atoms with Gasteiger partial charge in [0.05, 0.1) is 17.0 Å². The smallest absolute Gasteiger partial charge is 0.257 e. The fourth-order valence-electron chi connectivity index (χ4n) is 5.41. The number of aromatic nitrogens is 1. The summed E-state index contributed by atoms with van der Waals surface area (Å²) in [7, 11) is 0. The molecule has 11 heteroatoms. The van der Waals surface area contributed by atoms with E-state index in [1.165, 1.54) is 11.3 Å². The summed E-state index contributed by atoms with van der Waals surface area (Å²) < 4.78 is 0.966. The molecule has 1 saturated carbocycles. The normalized spacial score (nSPS) is 16.4. The molecule has 3 N–H and O–H groups in total. The molecule has 3 amide bonds. The summed E-state index contributed by atoms with van der Waals surface area (Å²) in [6.07, 6.45) is 6.02. The number of nitrogens with one attached hydrogen (secondary N) is 2. The Bertz CT molecular complexity index is 1400. The number of thioether (sulfide) groups is 1. The first-order valence-electron chi connectivity index (χ1n) is 14.3. The number of carbonyl (C=O) groups excluding carboxylic acids is 3. The third kappa shape index (κ3) is 7.57. The highest BCUT2D eigenvalue weighted by Gasteiger charge is 2.32. The lowest BCUT2D eigenvalue weighted by Crippen LogP contribution is -2.50. The molecule has 0 spiro atoms. The maximum absolute atomic E-state index is 13.0. The maximum Gasteiger partial charge on any atom is 0.257 e. The number of aliphatic hydroxyl groups excluding tert-OH is 1. The Balaban J connectivity index is 1.10. The Labute approximate surface area is 254 Å². The van der Waals surface area contributed by atoms with Gasteiger partial charge in [-0.05, 0) is 48.2 Å². The standard InChI is InChI=1S/C31H37N5O4S2/c1-22(38)35-13-15-36(16-14-35)29(40)26-6-4-5-24(17-26)20-41-27-19-32-30(42-27)34-28(39)25-9-7-23(8-10-25)18-33-31(21-37)11-2-3-12-31/h4-10,17,19,33,37H,2-3,11-16,18,20-21H2,1H3,(H,32,34,39). The molecule has 9 nitrogen and oxygen atoms in total. The predicted molar refractivity (Wildman–Crippen MR) is 166 cm³/mol. The molecule has 1 aliphatic heterocycles. The van der Waals surface area contributed by atoms with Crippen LogP contribution < -0.4 is 10.6 Å².